The molecule has 0 radical (unpaired) electrons. The highest BCUT2D eigenvalue weighted by Crippen LogP contribution is 2.20. The molecular weight excluding hydrogens is 290 g/mol. The number of nitrogen functional groups attached to an aromatic ring is 1. The van der Waals surface area contributed by atoms with Gasteiger partial charge in [0.1, 0.15) is 0 Å². The summed E-state index contributed by atoms with van der Waals surface area (Å²) >= 11 is 3.42. The lowest BCUT2D eigenvalue weighted by Gasteiger charge is -2.13. The molecule has 0 aliphatic carbocycles. The van der Waals surface area contributed by atoms with E-state index in [-0.39, 0.29) is 6.10 Å². The van der Waals surface area contributed by atoms with Crippen LogP contribution in [0, 0.1) is 0 Å². The first-order valence-electron chi connectivity index (χ1n) is 5.86. The first kappa shape index (κ1) is 13.1. The quantitative estimate of drug-likeness (QED) is 0.854. The molecule has 2 aromatic carbocycles. The lowest BCUT2D eigenvalue weighted by atomic mass is 10.1. The van der Waals surface area contributed by atoms with Crippen LogP contribution in [0.2, 0.25) is 0 Å². The summed E-state index contributed by atoms with van der Waals surface area (Å²) in [7, 11) is 0. The molecule has 0 heterocycles. The van der Waals surface area contributed by atoms with E-state index in [1.54, 1.807) is 0 Å². The van der Waals surface area contributed by atoms with Crippen LogP contribution in [0.1, 0.15) is 24.2 Å². The average Bonchev–Trinajstić information content (AvgIpc) is 2.38. The minimum atomic E-state index is 0.0641. The van der Waals surface area contributed by atoms with Gasteiger partial charge in [-0.3, -0.25) is 0 Å². The zero-order valence-electron chi connectivity index (χ0n) is 10.3. The molecule has 0 aliphatic heterocycles. The number of benzene rings is 2. The molecule has 2 N–H and O–H groups in total. The topological polar surface area (TPSA) is 35.2 Å². The maximum atomic E-state index is 5.84. The van der Waals surface area contributed by atoms with Crippen molar-refractivity contribution < 1.29 is 4.74 Å². The minimum Gasteiger partial charge on any atom is -0.399 e. The summed E-state index contributed by atoms with van der Waals surface area (Å²) in [4.78, 5) is 0. The normalized spacial score (nSPS) is 12.3. The third-order valence-electron chi connectivity index (χ3n) is 2.82. The van der Waals surface area contributed by atoms with Gasteiger partial charge in [0.25, 0.3) is 0 Å². The van der Waals surface area contributed by atoms with Crippen molar-refractivity contribution in [2.24, 2.45) is 0 Å². The molecule has 0 spiro atoms. The van der Waals surface area contributed by atoms with Crippen molar-refractivity contribution in [3.8, 4) is 0 Å². The molecule has 18 heavy (non-hydrogen) atoms. The second-order valence-electron chi connectivity index (χ2n) is 4.25. The predicted molar refractivity (Wildman–Crippen MR) is 78.2 cm³/mol. The van der Waals surface area contributed by atoms with E-state index in [9.17, 15) is 0 Å². The van der Waals surface area contributed by atoms with Gasteiger partial charge in [-0.1, -0.05) is 40.2 Å². The summed E-state index contributed by atoms with van der Waals surface area (Å²) < 4.78 is 6.92. The standard InChI is InChI=1S/C15H16BrNO/c1-11(13-4-8-15(17)9-5-13)18-10-12-2-6-14(16)7-3-12/h2-9,11H,10,17H2,1H3. The van der Waals surface area contributed by atoms with Crippen molar-refractivity contribution in [3.63, 3.8) is 0 Å². The van der Waals surface area contributed by atoms with Crippen LogP contribution in [-0.4, -0.2) is 0 Å². The number of hydrogen-bond donors (Lipinski definition) is 1. The van der Waals surface area contributed by atoms with Gasteiger partial charge in [-0.05, 0) is 42.3 Å². The van der Waals surface area contributed by atoms with E-state index in [0.29, 0.717) is 6.61 Å². The fourth-order valence-electron chi connectivity index (χ4n) is 1.67. The summed E-state index contributed by atoms with van der Waals surface area (Å²) in [5, 5.41) is 0. The van der Waals surface area contributed by atoms with Crippen molar-refractivity contribution in [3.05, 3.63) is 64.1 Å². The highest BCUT2D eigenvalue weighted by molar-refractivity contribution is 9.10. The Morgan fingerprint density at radius 3 is 2.28 bits per heavy atom. The van der Waals surface area contributed by atoms with Crippen molar-refractivity contribution in [2.75, 3.05) is 5.73 Å². The number of ether oxygens (including phenoxy) is 1. The summed E-state index contributed by atoms with van der Waals surface area (Å²) in [5.74, 6) is 0. The second-order valence-corrected chi connectivity index (χ2v) is 5.16. The van der Waals surface area contributed by atoms with E-state index in [4.69, 9.17) is 10.5 Å². The largest absolute Gasteiger partial charge is 0.399 e. The third kappa shape index (κ3) is 3.59. The molecule has 0 saturated carbocycles. The lowest BCUT2D eigenvalue weighted by molar-refractivity contribution is 0.0526. The van der Waals surface area contributed by atoms with Crippen LogP contribution in [0.5, 0.6) is 0 Å². The Kier molecular flexibility index (Phi) is 4.39. The van der Waals surface area contributed by atoms with Gasteiger partial charge in [0, 0.05) is 10.2 Å². The van der Waals surface area contributed by atoms with Crippen molar-refractivity contribution in [1.29, 1.82) is 0 Å². The van der Waals surface area contributed by atoms with Gasteiger partial charge in [-0.15, -0.1) is 0 Å². The summed E-state index contributed by atoms with van der Waals surface area (Å²) in [5.41, 5.74) is 8.74. The molecule has 0 saturated heterocycles. The van der Waals surface area contributed by atoms with E-state index >= 15 is 0 Å². The van der Waals surface area contributed by atoms with Crippen LogP contribution in [0.3, 0.4) is 0 Å². The van der Waals surface area contributed by atoms with Gasteiger partial charge in [-0.25, -0.2) is 0 Å². The van der Waals surface area contributed by atoms with Gasteiger partial charge in [0.05, 0.1) is 12.7 Å². The van der Waals surface area contributed by atoms with Crippen molar-refractivity contribution in [1.82, 2.24) is 0 Å². The van der Waals surface area contributed by atoms with Gasteiger partial charge in [-0.2, -0.15) is 0 Å². The van der Waals surface area contributed by atoms with Crippen LogP contribution in [0.15, 0.2) is 53.0 Å². The summed E-state index contributed by atoms with van der Waals surface area (Å²) in [6.07, 6.45) is 0.0641. The third-order valence-corrected chi connectivity index (χ3v) is 3.35. The van der Waals surface area contributed by atoms with Gasteiger partial charge in [0.15, 0.2) is 0 Å². The molecule has 1 atom stereocenters. The van der Waals surface area contributed by atoms with Gasteiger partial charge in [0.2, 0.25) is 0 Å². The molecule has 0 amide bonds. The average molecular weight is 306 g/mol. The van der Waals surface area contributed by atoms with Crippen molar-refractivity contribution >= 4 is 21.6 Å². The number of nitrogens with two attached hydrogens (primary N) is 1. The first-order chi connectivity index (χ1) is 8.65. The Bertz CT molecular complexity index is 493. The van der Waals surface area contributed by atoms with Gasteiger partial charge >= 0.3 is 0 Å². The SMILES string of the molecule is CC(OCc1ccc(Br)cc1)c1ccc(N)cc1. The molecule has 94 valence electrons. The molecule has 2 rings (SSSR count). The van der Waals surface area contributed by atoms with Crippen LogP contribution >= 0.6 is 15.9 Å². The Hall–Kier alpha value is -1.32. The van der Waals surface area contributed by atoms with Gasteiger partial charge < -0.3 is 10.5 Å². The van der Waals surface area contributed by atoms with Crippen LogP contribution in [0.25, 0.3) is 0 Å². The molecule has 0 aliphatic rings. The molecule has 3 heteroatoms. The Labute approximate surface area is 116 Å². The lowest BCUT2D eigenvalue weighted by Crippen LogP contribution is -2.00. The zero-order chi connectivity index (χ0) is 13.0. The van der Waals surface area contributed by atoms with E-state index < -0.39 is 0 Å². The number of anilines is 1. The van der Waals surface area contributed by atoms with Crippen LogP contribution < -0.4 is 5.73 Å². The number of hydrogen-bond acceptors (Lipinski definition) is 2. The molecule has 0 fully saturated rings. The zero-order valence-corrected chi connectivity index (χ0v) is 11.9. The predicted octanol–water partition coefficient (Wildman–Crippen LogP) is 4.31. The fraction of sp³-hybridized carbons (Fsp3) is 0.200. The van der Waals surface area contributed by atoms with E-state index in [1.165, 1.54) is 5.56 Å². The first-order valence-corrected chi connectivity index (χ1v) is 6.66. The second kappa shape index (κ2) is 6.03. The van der Waals surface area contributed by atoms with Crippen LogP contribution in [0.4, 0.5) is 5.69 Å². The molecule has 2 aromatic rings. The molecule has 0 bridgehead atoms. The number of rotatable bonds is 4. The monoisotopic (exact) mass is 305 g/mol. The highest BCUT2D eigenvalue weighted by Gasteiger charge is 2.05. The summed E-state index contributed by atoms with van der Waals surface area (Å²) in [6, 6.07) is 15.9. The molecular formula is C15H16BrNO. The van der Waals surface area contributed by atoms with Crippen molar-refractivity contribution in [2.45, 2.75) is 19.6 Å². The summed E-state index contributed by atoms with van der Waals surface area (Å²) in [6.45, 7) is 2.66. The Morgan fingerprint density at radius 2 is 1.67 bits per heavy atom. The maximum absolute atomic E-state index is 5.84. The van der Waals surface area contributed by atoms with E-state index in [1.807, 2.05) is 43.3 Å². The van der Waals surface area contributed by atoms with Crippen LogP contribution in [-0.2, 0) is 11.3 Å². The Balaban J connectivity index is 1.93. The molecule has 2 nitrogen and oxygen atoms in total. The minimum absolute atomic E-state index is 0.0641. The molecule has 1 unspecified atom stereocenters. The number of halogens is 1. The van der Waals surface area contributed by atoms with E-state index in [0.717, 1.165) is 15.7 Å². The maximum Gasteiger partial charge on any atom is 0.0801 e. The Morgan fingerprint density at radius 1 is 1.06 bits per heavy atom. The fourth-order valence-corrected chi connectivity index (χ4v) is 1.93. The smallest absolute Gasteiger partial charge is 0.0801 e. The molecule has 0 aromatic heterocycles. The van der Waals surface area contributed by atoms with E-state index in [2.05, 4.69) is 28.1 Å². The highest BCUT2D eigenvalue weighted by atomic mass is 79.9.